The van der Waals surface area contributed by atoms with Crippen LogP contribution in [-0.2, 0) is 6.54 Å². The molecule has 2 fully saturated rings. The largest absolute Gasteiger partial charge is 0.300 e. The molecule has 2 aliphatic rings. The van der Waals surface area contributed by atoms with Gasteiger partial charge in [0, 0.05) is 19.1 Å². The summed E-state index contributed by atoms with van der Waals surface area (Å²) in [6.07, 6.45) is 6.78. The number of hydrogen-bond donors (Lipinski definition) is 2. The first-order valence-electron chi connectivity index (χ1n) is 7.60. The molecule has 7 heteroatoms. The molecular weight excluding hydrogens is 272 g/mol. The van der Waals surface area contributed by atoms with Gasteiger partial charge in [0.25, 0.3) is 0 Å². The number of nitrogens with two attached hydrogens (primary N) is 1. The summed E-state index contributed by atoms with van der Waals surface area (Å²) < 4.78 is 0. The second-order valence-corrected chi connectivity index (χ2v) is 6.81. The van der Waals surface area contributed by atoms with Crippen LogP contribution in [0.25, 0.3) is 0 Å². The molecule has 2 aliphatic heterocycles. The Morgan fingerprint density at radius 3 is 2.50 bits per heavy atom. The van der Waals surface area contributed by atoms with Crippen LogP contribution in [0.4, 0.5) is 5.13 Å². The fourth-order valence-electron chi connectivity index (χ4n) is 3.29. The molecule has 112 valence electrons. The Morgan fingerprint density at radius 1 is 1.10 bits per heavy atom. The van der Waals surface area contributed by atoms with Crippen molar-refractivity contribution in [3.63, 3.8) is 0 Å². The number of rotatable bonds is 4. The zero-order valence-electron chi connectivity index (χ0n) is 11.9. The van der Waals surface area contributed by atoms with Crippen molar-refractivity contribution in [2.75, 3.05) is 31.6 Å². The summed E-state index contributed by atoms with van der Waals surface area (Å²) in [6, 6.07) is 0.808. The first-order chi connectivity index (χ1) is 9.85. The Bertz CT molecular complexity index is 409. The normalized spacial score (nSPS) is 23.1. The van der Waals surface area contributed by atoms with Crippen molar-refractivity contribution >= 4 is 16.5 Å². The standard InChI is InChI=1S/C13H24N6S/c14-15-13-17-16-12(20-13)10-18-8-4-11(5-9-18)19-6-2-1-3-7-19/h11H,1-10,14H2,(H,15,17). The predicted octanol–water partition coefficient (Wildman–Crippen LogP) is 1.27. The van der Waals surface area contributed by atoms with Gasteiger partial charge in [0.1, 0.15) is 5.01 Å². The van der Waals surface area contributed by atoms with Crippen LogP contribution in [0, 0.1) is 0 Å². The summed E-state index contributed by atoms with van der Waals surface area (Å²) in [5.41, 5.74) is 2.55. The Morgan fingerprint density at radius 2 is 1.85 bits per heavy atom. The number of nitrogen functional groups attached to an aromatic ring is 1. The van der Waals surface area contributed by atoms with E-state index in [0.29, 0.717) is 5.13 Å². The van der Waals surface area contributed by atoms with Gasteiger partial charge >= 0.3 is 0 Å². The van der Waals surface area contributed by atoms with Gasteiger partial charge in [0.05, 0.1) is 6.54 Å². The van der Waals surface area contributed by atoms with Gasteiger partial charge in [-0.3, -0.25) is 10.3 Å². The molecule has 1 aromatic rings. The lowest BCUT2D eigenvalue weighted by Crippen LogP contribution is -2.46. The molecule has 0 unspecified atom stereocenters. The quantitative estimate of drug-likeness (QED) is 0.644. The zero-order chi connectivity index (χ0) is 13.8. The van der Waals surface area contributed by atoms with Crippen molar-refractivity contribution < 1.29 is 0 Å². The fraction of sp³-hybridized carbons (Fsp3) is 0.846. The third-order valence-electron chi connectivity index (χ3n) is 4.41. The van der Waals surface area contributed by atoms with E-state index in [1.807, 2.05) is 0 Å². The van der Waals surface area contributed by atoms with Crippen molar-refractivity contribution in [3.05, 3.63) is 5.01 Å². The molecule has 3 heterocycles. The van der Waals surface area contributed by atoms with E-state index in [1.54, 1.807) is 11.3 Å². The number of nitrogens with zero attached hydrogens (tertiary/aromatic N) is 4. The lowest BCUT2D eigenvalue weighted by Gasteiger charge is -2.40. The molecule has 0 amide bonds. The molecule has 2 saturated heterocycles. The molecule has 0 aromatic carbocycles. The Kier molecular flexibility index (Phi) is 4.82. The molecule has 0 radical (unpaired) electrons. The highest BCUT2D eigenvalue weighted by molar-refractivity contribution is 7.15. The van der Waals surface area contributed by atoms with Gasteiger partial charge in [0.15, 0.2) is 0 Å². The molecule has 0 spiro atoms. The van der Waals surface area contributed by atoms with E-state index < -0.39 is 0 Å². The average Bonchev–Trinajstić information content (AvgIpc) is 2.97. The number of hydrogen-bond acceptors (Lipinski definition) is 7. The number of likely N-dealkylation sites (tertiary alicyclic amines) is 2. The van der Waals surface area contributed by atoms with Gasteiger partial charge in [-0.2, -0.15) is 0 Å². The summed E-state index contributed by atoms with van der Waals surface area (Å²) in [5.74, 6) is 5.34. The lowest BCUT2D eigenvalue weighted by atomic mass is 10.00. The molecule has 3 rings (SSSR count). The second kappa shape index (κ2) is 6.80. The molecule has 20 heavy (non-hydrogen) atoms. The molecule has 3 N–H and O–H groups in total. The van der Waals surface area contributed by atoms with E-state index in [1.165, 1.54) is 58.3 Å². The molecular formula is C13H24N6S. The SMILES string of the molecule is NNc1nnc(CN2CCC(N3CCCCC3)CC2)s1. The maximum atomic E-state index is 5.34. The highest BCUT2D eigenvalue weighted by atomic mass is 32.1. The van der Waals surface area contributed by atoms with Gasteiger partial charge in [-0.15, -0.1) is 10.2 Å². The number of aromatic nitrogens is 2. The minimum absolute atomic E-state index is 0.697. The van der Waals surface area contributed by atoms with Crippen LogP contribution in [0.1, 0.15) is 37.1 Å². The minimum atomic E-state index is 0.697. The van der Waals surface area contributed by atoms with E-state index >= 15 is 0 Å². The van der Waals surface area contributed by atoms with Gasteiger partial charge in [0.2, 0.25) is 5.13 Å². The van der Waals surface area contributed by atoms with Gasteiger partial charge < -0.3 is 4.90 Å². The van der Waals surface area contributed by atoms with Crippen molar-refractivity contribution in [1.82, 2.24) is 20.0 Å². The number of piperidine rings is 2. The van der Waals surface area contributed by atoms with Crippen LogP contribution in [0.2, 0.25) is 0 Å². The monoisotopic (exact) mass is 296 g/mol. The second-order valence-electron chi connectivity index (χ2n) is 5.75. The highest BCUT2D eigenvalue weighted by Gasteiger charge is 2.25. The summed E-state index contributed by atoms with van der Waals surface area (Å²) in [7, 11) is 0. The van der Waals surface area contributed by atoms with Crippen molar-refractivity contribution in [2.45, 2.75) is 44.7 Å². The molecule has 1 aromatic heterocycles. The first-order valence-corrected chi connectivity index (χ1v) is 8.42. The number of hydrazine groups is 1. The van der Waals surface area contributed by atoms with E-state index in [4.69, 9.17) is 5.84 Å². The van der Waals surface area contributed by atoms with Gasteiger partial charge in [-0.05, 0) is 38.8 Å². The number of nitrogens with one attached hydrogen (secondary N) is 1. The molecule has 0 bridgehead atoms. The van der Waals surface area contributed by atoms with Crippen LogP contribution in [0.15, 0.2) is 0 Å². The molecule has 0 saturated carbocycles. The smallest absolute Gasteiger partial charge is 0.219 e. The summed E-state index contributed by atoms with van der Waals surface area (Å²) in [6.45, 7) is 5.88. The Hall–Kier alpha value is -0.760. The average molecular weight is 296 g/mol. The lowest BCUT2D eigenvalue weighted by molar-refractivity contribution is 0.0895. The van der Waals surface area contributed by atoms with E-state index in [2.05, 4.69) is 25.4 Å². The van der Waals surface area contributed by atoms with E-state index in [-0.39, 0.29) is 0 Å². The third kappa shape index (κ3) is 3.46. The molecule has 0 atom stereocenters. The van der Waals surface area contributed by atoms with Crippen LogP contribution in [-0.4, -0.2) is 52.2 Å². The van der Waals surface area contributed by atoms with Gasteiger partial charge in [-0.1, -0.05) is 17.8 Å². The van der Waals surface area contributed by atoms with Crippen LogP contribution in [0.5, 0.6) is 0 Å². The minimum Gasteiger partial charge on any atom is -0.300 e. The van der Waals surface area contributed by atoms with E-state index in [0.717, 1.165) is 17.6 Å². The molecule has 0 aliphatic carbocycles. The van der Waals surface area contributed by atoms with Crippen molar-refractivity contribution in [3.8, 4) is 0 Å². The fourth-order valence-corrected chi connectivity index (χ4v) is 3.99. The summed E-state index contributed by atoms with van der Waals surface area (Å²) in [4.78, 5) is 5.20. The first kappa shape index (κ1) is 14.2. The third-order valence-corrected chi connectivity index (χ3v) is 5.25. The Labute approximate surface area is 124 Å². The zero-order valence-corrected chi connectivity index (χ0v) is 12.7. The van der Waals surface area contributed by atoms with Crippen molar-refractivity contribution in [1.29, 1.82) is 0 Å². The maximum Gasteiger partial charge on any atom is 0.219 e. The van der Waals surface area contributed by atoms with Crippen LogP contribution >= 0.6 is 11.3 Å². The number of anilines is 1. The summed E-state index contributed by atoms with van der Waals surface area (Å²) >= 11 is 1.54. The van der Waals surface area contributed by atoms with Crippen molar-refractivity contribution in [2.24, 2.45) is 5.84 Å². The topological polar surface area (TPSA) is 70.3 Å². The molecule has 6 nitrogen and oxygen atoms in total. The maximum absolute atomic E-state index is 5.34. The predicted molar refractivity (Wildman–Crippen MR) is 81.4 cm³/mol. The summed E-state index contributed by atoms with van der Waals surface area (Å²) in [5, 5.41) is 9.90. The Balaban J connectivity index is 1.45. The highest BCUT2D eigenvalue weighted by Crippen LogP contribution is 2.23. The van der Waals surface area contributed by atoms with Gasteiger partial charge in [-0.25, -0.2) is 5.84 Å². The van der Waals surface area contributed by atoms with Crippen LogP contribution < -0.4 is 11.3 Å². The van der Waals surface area contributed by atoms with Crippen LogP contribution in [0.3, 0.4) is 0 Å². The van der Waals surface area contributed by atoms with E-state index in [9.17, 15) is 0 Å².